The molecule has 2 aliphatic rings. The Balaban J connectivity index is 1.74. The van der Waals surface area contributed by atoms with Gasteiger partial charge >= 0.3 is 0 Å². The number of rotatable bonds is 2. The molecule has 0 amide bonds. The highest BCUT2D eigenvalue weighted by Gasteiger charge is 2.35. The highest BCUT2D eigenvalue weighted by atomic mass is 35.5. The van der Waals surface area contributed by atoms with E-state index < -0.39 is 0 Å². The Labute approximate surface area is 149 Å². The summed E-state index contributed by atoms with van der Waals surface area (Å²) in [5.74, 6) is 0. The van der Waals surface area contributed by atoms with Crippen LogP contribution in [0.25, 0.3) is 11.6 Å². The Morgan fingerprint density at radius 2 is 1.61 bits per heavy atom. The summed E-state index contributed by atoms with van der Waals surface area (Å²) in [5.41, 5.74) is 8.34. The standard InChI is InChI=1S/C20H16Cl2Si/c1-11-6-5-9-15-17(11)12(2)18(22)20(15)23-19-14-8-4-3-7-13(14)10-16(19)21/h3-10,19-20H,1-2H3. The molecule has 0 spiro atoms. The second-order valence-electron chi connectivity index (χ2n) is 6.20. The average Bonchev–Trinajstić information content (AvgIpc) is 2.98. The minimum Gasteiger partial charge on any atom is -0.0888 e. The summed E-state index contributed by atoms with van der Waals surface area (Å²) in [6, 6.07) is 15.0. The molecule has 0 saturated heterocycles. The van der Waals surface area contributed by atoms with Crippen LogP contribution in [0.5, 0.6) is 0 Å². The van der Waals surface area contributed by atoms with Gasteiger partial charge in [0.25, 0.3) is 0 Å². The molecule has 0 saturated carbocycles. The van der Waals surface area contributed by atoms with Crippen molar-refractivity contribution in [2.45, 2.75) is 24.9 Å². The number of halogens is 2. The van der Waals surface area contributed by atoms with Crippen LogP contribution in [0.4, 0.5) is 0 Å². The van der Waals surface area contributed by atoms with Crippen LogP contribution in [0.1, 0.15) is 45.8 Å². The van der Waals surface area contributed by atoms with Crippen LogP contribution in [0.3, 0.4) is 0 Å². The maximum atomic E-state index is 6.74. The quantitative estimate of drug-likeness (QED) is 0.575. The molecule has 0 aliphatic heterocycles. The van der Waals surface area contributed by atoms with Crippen molar-refractivity contribution >= 4 is 44.4 Å². The third-order valence-electron chi connectivity index (χ3n) is 4.81. The summed E-state index contributed by atoms with van der Waals surface area (Å²) in [6.45, 7) is 4.30. The predicted octanol–water partition coefficient (Wildman–Crippen LogP) is 6.06. The molecule has 114 valence electrons. The lowest BCUT2D eigenvalue weighted by atomic mass is 10.0. The molecule has 0 bridgehead atoms. The average molecular weight is 355 g/mol. The molecule has 2 radical (unpaired) electrons. The topological polar surface area (TPSA) is 0 Å². The number of hydrogen-bond acceptors (Lipinski definition) is 0. The van der Waals surface area contributed by atoms with Crippen LogP contribution in [0.2, 0.25) is 0 Å². The SMILES string of the molecule is CC1=C(Cl)C([Si]C2C(Cl)=Cc3ccccc32)c2cccc(C)c21. The van der Waals surface area contributed by atoms with Gasteiger partial charge in [-0.25, -0.2) is 0 Å². The van der Waals surface area contributed by atoms with Crippen molar-refractivity contribution in [3.8, 4) is 0 Å². The van der Waals surface area contributed by atoms with Gasteiger partial charge in [0.2, 0.25) is 0 Å². The smallest absolute Gasteiger partial charge is 0.0711 e. The molecule has 2 unspecified atom stereocenters. The molecule has 3 heteroatoms. The molecular weight excluding hydrogens is 339 g/mol. The first-order chi connectivity index (χ1) is 11.1. The zero-order valence-corrected chi connectivity index (χ0v) is 15.5. The molecule has 2 aromatic rings. The molecule has 0 aromatic heterocycles. The van der Waals surface area contributed by atoms with Crippen LogP contribution in [0.15, 0.2) is 52.5 Å². The van der Waals surface area contributed by atoms with Crippen molar-refractivity contribution in [3.05, 3.63) is 80.3 Å². The van der Waals surface area contributed by atoms with E-state index in [1.165, 1.54) is 33.4 Å². The van der Waals surface area contributed by atoms with Crippen molar-refractivity contribution in [3.63, 3.8) is 0 Å². The monoisotopic (exact) mass is 354 g/mol. The molecule has 2 aromatic carbocycles. The van der Waals surface area contributed by atoms with Crippen molar-refractivity contribution in [2.75, 3.05) is 0 Å². The summed E-state index contributed by atoms with van der Waals surface area (Å²) >= 11 is 13.3. The van der Waals surface area contributed by atoms with Crippen molar-refractivity contribution in [2.24, 2.45) is 0 Å². The van der Waals surface area contributed by atoms with E-state index >= 15 is 0 Å². The van der Waals surface area contributed by atoms with Gasteiger partial charge in [0.05, 0.1) is 9.52 Å². The predicted molar refractivity (Wildman–Crippen MR) is 101 cm³/mol. The lowest BCUT2D eigenvalue weighted by Crippen LogP contribution is -2.15. The fourth-order valence-corrected chi connectivity index (χ4v) is 6.33. The van der Waals surface area contributed by atoms with Gasteiger partial charge in [-0.2, -0.15) is 0 Å². The van der Waals surface area contributed by atoms with Crippen molar-refractivity contribution in [1.29, 1.82) is 0 Å². The lowest BCUT2D eigenvalue weighted by molar-refractivity contribution is 1.10. The Morgan fingerprint density at radius 3 is 2.43 bits per heavy atom. The summed E-state index contributed by atoms with van der Waals surface area (Å²) in [4.78, 5) is 0. The van der Waals surface area contributed by atoms with Crippen LogP contribution < -0.4 is 0 Å². The highest BCUT2D eigenvalue weighted by molar-refractivity contribution is 6.53. The third kappa shape index (κ3) is 2.34. The lowest BCUT2D eigenvalue weighted by Gasteiger charge is -2.19. The van der Waals surface area contributed by atoms with E-state index in [1.807, 2.05) is 0 Å². The number of allylic oxidation sites excluding steroid dienone is 3. The van der Waals surface area contributed by atoms with E-state index in [1.54, 1.807) is 0 Å². The van der Waals surface area contributed by atoms with Gasteiger partial charge in [-0.05, 0) is 53.3 Å². The number of benzene rings is 2. The Bertz CT molecular complexity index is 864. The van der Waals surface area contributed by atoms with Gasteiger partial charge in [0.15, 0.2) is 0 Å². The maximum Gasteiger partial charge on any atom is 0.0711 e. The number of fused-ring (bicyclic) bond motifs is 2. The minimum atomic E-state index is 0.268. The molecule has 4 rings (SSSR count). The van der Waals surface area contributed by atoms with Gasteiger partial charge < -0.3 is 0 Å². The molecule has 0 heterocycles. The highest BCUT2D eigenvalue weighted by Crippen LogP contribution is 2.48. The van der Waals surface area contributed by atoms with E-state index in [0.29, 0.717) is 9.52 Å². The first-order valence-electron chi connectivity index (χ1n) is 7.76. The van der Waals surface area contributed by atoms with Gasteiger partial charge in [-0.15, -0.1) is 0 Å². The van der Waals surface area contributed by atoms with E-state index in [-0.39, 0.29) is 11.1 Å². The van der Waals surface area contributed by atoms with Crippen LogP contribution in [-0.4, -0.2) is 9.52 Å². The third-order valence-corrected chi connectivity index (χ3v) is 7.90. The molecule has 0 nitrogen and oxygen atoms in total. The van der Waals surface area contributed by atoms with Gasteiger partial charge in [-0.3, -0.25) is 0 Å². The van der Waals surface area contributed by atoms with Crippen LogP contribution in [0, 0.1) is 6.92 Å². The Morgan fingerprint density at radius 1 is 0.870 bits per heavy atom. The molecule has 2 aliphatic carbocycles. The fraction of sp³-hybridized carbons (Fsp3) is 0.200. The maximum absolute atomic E-state index is 6.74. The Kier molecular flexibility index (Phi) is 3.76. The zero-order chi connectivity index (χ0) is 16.1. The van der Waals surface area contributed by atoms with Crippen molar-refractivity contribution < 1.29 is 0 Å². The molecule has 0 fully saturated rings. The summed E-state index contributed by atoms with van der Waals surface area (Å²) < 4.78 is 0. The zero-order valence-electron chi connectivity index (χ0n) is 13.0. The second kappa shape index (κ2) is 5.66. The summed E-state index contributed by atoms with van der Waals surface area (Å²) in [5, 5.41) is 1.93. The largest absolute Gasteiger partial charge is 0.0888 e. The number of hydrogen-bond donors (Lipinski definition) is 0. The minimum absolute atomic E-state index is 0.268. The van der Waals surface area contributed by atoms with E-state index in [4.69, 9.17) is 23.2 Å². The molecule has 2 atom stereocenters. The first-order valence-corrected chi connectivity index (χ1v) is 9.67. The number of aryl methyl sites for hydroxylation is 1. The van der Waals surface area contributed by atoms with Gasteiger partial charge in [0, 0.05) is 21.1 Å². The van der Waals surface area contributed by atoms with Crippen LogP contribution in [-0.2, 0) is 0 Å². The summed E-state index contributed by atoms with van der Waals surface area (Å²) in [7, 11) is 0.626. The van der Waals surface area contributed by atoms with E-state index in [9.17, 15) is 0 Å². The Hall–Kier alpha value is -1.28. The van der Waals surface area contributed by atoms with Gasteiger partial charge in [0.1, 0.15) is 0 Å². The normalized spacial score (nSPS) is 22.2. The second-order valence-corrected chi connectivity index (χ2v) is 8.53. The first kappa shape index (κ1) is 15.3. The van der Waals surface area contributed by atoms with Crippen LogP contribution >= 0.6 is 23.2 Å². The van der Waals surface area contributed by atoms with E-state index in [2.05, 4.69) is 62.4 Å². The van der Waals surface area contributed by atoms with Gasteiger partial charge in [-0.1, -0.05) is 65.7 Å². The van der Waals surface area contributed by atoms with E-state index in [0.717, 1.165) is 10.1 Å². The van der Waals surface area contributed by atoms with Crippen molar-refractivity contribution in [1.82, 2.24) is 0 Å². The summed E-state index contributed by atoms with van der Waals surface area (Å²) in [6.07, 6.45) is 2.10. The molecule has 23 heavy (non-hydrogen) atoms. The fourth-order valence-electron chi connectivity index (χ4n) is 3.70. The molecular formula is C20H16Cl2Si. The molecule has 0 N–H and O–H groups in total.